The predicted molar refractivity (Wildman–Crippen MR) is 107 cm³/mol. The number of ether oxygens (including phenoxy) is 1. The van der Waals surface area contributed by atoms with Gasteiger partial charge >= 0.3 is 0 Å². The fourth-order valence-electron chi connectivity index (χ4n) is 3.93. The van der Waals surface area contributed by atoms with E-state index < -0.39 is 0 Å². The molecule has 3 aromatic rings. The van der Waals surface area contributed by atoms with Crippen molar-refractivity contribution >= 4 is 11.0 Å². The second kappa shape index (κ2) is 8.06. The predicted octanol–water partition coefficient (Wildman–Crippen LogP) is 2.78. The molecule has 1 unspecified atom stereocenters. The Bertz CT molecular complexity index is 889. The summed E-state index contributed by atoms with van der Waals surface area (Å²) < 4.78 is 7.49. The van der Waals surface area contributed by atoms with Crippen LogP contribution in [0.25, 0.3) is 11.0 Å². The van der Waals surface area contributed by atoms with Crippen molar-refractivity contribution in [2.24, 2.45) is 5.73 Å². The normalized spacial score (nSPS) is 17.6. The Hall–Kier alpha value is -2.44. The molecule has 0 bridgehead atoms. The first-order valence-corrected chi connectivity index (χ1v) is 9.74. The number of nitrogens with two attached hydrogens (primary N) is 1. The number of nitrogens with zero attached hydrogens (tertiary/aromatic N) is 4. The lowest BCUT2D eigenvalue weighted by molar-refractivity contribution is 0.324. The van der Waals surface area contributed by atoms with Crippen LogP contribution in [0.15, 0.2) is 42.6 Å². The minimum absolute atomic E-state index is 0.443. The third-order valence-corrected chi connectivity index (χ3v) is 5.18. The first kappa shape index (κ1) is 17.9. The standard InChI is InChI=1S/C21H27N5O/c1-2-27-18-7-5-16(6-8-18)14-25-12-9-17(15-25)20-19-4-3-11-23-21(19)26(24-20)13-10-22/h3-8,11,17H,2,9-10,12-15,22H2,1H3. The molecule has 0 saturated carbocycles. The van der Waals surface area contributed by atoms with Gasteiger partial charge in [0.2, 0.25) is 0 Å². The first-order valence-electron chi connectivity index (χ1n) is 9.74. The van der Waals surface area contributed by atoms with Gasteiger partial charge in [0.1, 0.15) is 5.75 Å². The number of fused-ring (bicyclic) bond motifs is 1. The van der Waals surface area contributed by atoms with Gasteiger partial charge in [0.15, 0.2) is 5.65 Å². The largest absolute Gasteiger partial charge is 0.494 e. The summed E-state index contributed by atoms with van der Waals surface area (Å²) in [5.41, 5.74) is 9.18. The molecule has 6 nitrogen and oxygen atoms in total. The molecule has 0 spiro atoms. The molecular weight excluding hydrogens is 338 g/mol. The van der Waals surface area contributed by atoms with Gasteiger partial charge in [-0.25, -0.2) is 9.67 Å². The molecule has 1 saturated heterocycles. The maximum Gasteiger partial charge on any atom is 0.158 e. The highest BCUT2D eigenvalue weighted by Gasteiger charge is 2.28. The summed E-state index contributed by atoms with van der Waals surface area (Å²) in [7, 11) is 0. The van der Waals surface area contributed by atoms with Crippen LogP contribution in [-0.4, -0.2) is 45.9 Å². The summed E-state index contributed by atoms with van der Waals surface area (Å²) in [6.45, 7) is 7.05. The molecule has 3 heterocycles. The fourth-order valence-corrected chi connectivity index (χ4v) is 3.93. The van der Waals surface area contributed by atoms with Crippen LogP contribution in [0.2, 0.25) is 0 Å². The average Bonchev–Trinajstić information content (AvgIpc) is 3.29. The second-order valence-corrected chi connectivity index (χ2v) is 7.07. The van der Waals surface area contributed by atoms with Crippen LogP contribution in [0, 0.1) is 0 Å². The number of likely N-dealkylation sites (tertiary alicyclic amines) is 1. The van der Waals surface area contributed by atoms with Gasteiger partial charge in [-0.05, 0) is 49.7 Å². The summed E-state index contributed by atoms with van der Waals surface area (Å²) in [4.78, 5) is 7.03. The number of rotatable bonds is 7. The highest BCUT2D eigenvalue weighted by atomic mass is 16.5. The van der Waals surface area contributed by atoms with E-state index in [1.54, 1.807) is 0 Å². The highest BCUT2D eigenvalue weighted by molar-refractivity contribution is 5.78. The molecule has 2 N–H and O–H groups in total. The van der Waals surface area contributed by atoms with E-state index >= 15 is 0 Å². The Morgan fingerprint density at radius 3 is 2.85 bits per heavy atom. The van der Waals surface area contributed by atoms with Crippen LogP contribution in [0.1, 0.15) is 30.5 Å². The summed E-state index contributed by atoms with van der Waals surface area (Å²) in [5, 5.41) is 6.03. The van der Waals surface area contributed by atoms with Gasteiger partial charge in [0.05, 0.1) is 18.8 Å². The van der Waals surface area contributed by atoms with Crippen LogP contribution in [0.5, 0.6) is 5.75 Å². The van der Waals surface area contributed by atoms with Crippen LogP contribution in [0.4, 0.5) is 0 Å². The highest BCUT2D eigenvalue weighted by Crippen LogP contribution is 2.32. The Morgan fingerprint density at radius 1 is 1.22 bits per heavy atom. The van der Waals surface area contributed by atoms with E-state index in [9.17, 15) is 0 Å². The summed E-state index contributed by atoms with van der Waals surface area (Å²) in [6.07, 6.45) is 2.95. The Kier molecular flexibility index (Phi) is 5.36. The number of hydrogen-bond acceptors (Lipinski definition) is 5. The molecule has 6 heteroatoms. The molecule has 0 radical (unpaired) electrons. The maximum atomic E-state index is 5.75. The average molecular weight is 365 g/mol. The zero-order valence-corrected chi connectivity index (χ0v) is 15.8. The summed E-state index contributed by atoms with van der Waals surface area (Å²) >= 11 is 0. The van der Waals surface area contributed by atoms with Crippen molar-refractivity contribution in [2.45, 2.75) is 32.4 Å². The molecule has 4 rings (SSSR count). The lowest BCUT2D eigenvalue weighted by Gasteiger charge is -2.16. The topological polar surface area (TPSA) is 69.2 Å². The van der Waals surface area contributed by atoms with E-state index in [1.165, 1.54) is 16.6 Å². The van der Waals surface area contributed by atoms with Crippen LogP contribution in [0.3, 0.4) is 0 Å². The fraction of sp³-hybridized carbons (Fsp3) is 0.429. The molecule has 0 amide bonds. The van der Waals surface area contributed by atoms with Crippen molar-refractivity contribution in [3.63, 3.8) is 0 Å². The van der Waals surface area contributed by atoms with Crippen molar-refractivity contribution in [3.05, 3.63) is 53.9 Å². The van der Waals surface area contributed by atoms with E-state index in [-0.39, 0.29) is 0 Å². The minimum Gasteiger partial charge on any atom is -0.494 e. The van der Waals surface area contributed by atoms with Crippen LogP contribution in [-0.2, 0) is 13.1 Å². The molecule has 1 fully saturated rings. The lowest BCUT2D eigenvalue weighted by Crippen LogP contribution is -2.20. The van der Waals surface area contributed by atoms with Gasteiger partial charge in [-0.1, -0.05) is 12.1 Å². The minimum atomic E-state index is 0.443. The maximum absolute atomic E-state index is 5.75. The Morgan fingerprint density at radius 2 is 2.07 bits per heavy atom. The van der Waals surface area contributed by atoms with E-state index in [4.69, 9.17) is 15.6 Å². The molecule has 142 valence electrons. The Labute approximate surface area is 159 Å². The monoisotopic (exact) mass is 365 g/mol. The second-order valence-electron chi connectivity index (χ2n) is 7.07. The lowest BCUT2D eigenvalue weighted by atomic mass is 10.0. The zero-order chi connectivity index (χ0) is 18.6. The number of benzene rings is 1. The van der Waals surface area contributed by atoms with Crippen molar-refractivity contribution in [1.82, 2.24) is 19.7 Å². The Balaban J connectivity index is 1.47. The third kappa shape index (κ3) is 3.82. The van der Waals surface area contributed by atoms with Crippen LogP contribution >= 0.6 is 0 Å². The zero-order valence-electron chi connectivity index (χ0n) is 15.8. The van der Waals surface area contributed by atoms with E-state index in [2.05, 4.69) is 40.2 Å². The molecule has 2 aromatic heterocycles. The molecule has 1 aliphatic heterocycles. The molecule has 1 aromatic carbocycles. The molecular formula is C21H27N5O. The SMILES string of the molecule is CCOc1ccc(CN2CCC(c3nn(CCN)c4ncccc34)C2)cc1. The summed E-state index contributed by atoms with van der Waals surface area (Å²) in [5.74, 6) is 1.38. The van der Waals surface area contributed by atoms with Gasteiger partial charge in [0, 0.05) is 37.1 Å². The van der Waals surface area contributed by atoms with Gasteiger partial charge in [-0.2, -0.15) is 5.10 Å². The molecule has 1 atom stereocenters. The summed E-state index contributed by atoms with van der Waals surface area (Å²) in [6, 6.07) is 12.6. The quantitative estimate of drug-likeness (QED) is 0.697. The van der Waals surface area contributed by atoms with Gasteiger partial charge < -0.3 is 10.5 Å². The molecule has 0 aliphatic carbocycles. The van der Waals surface area contributed by atoms with Crippen molar-refractivity contribution in [1.29, 1.82) is 0 Å². The van der Waals surface area contributed by atoms with Crippen molar-refractivity contribution in [2.75, 3.05) is 26.2 Å². The van der Waals surface area contributed by atoms with E-state index in [0.717, 1.165) is 37.5 Å². The number of aromatic nitrogens is 3. The van der Waals surface area contributed by atoms with Gasteiger partial charge in [0.25, 0.3) is 0 Å². The van der Waals surface area contributed by atoms with E-state index in [1.807, 2.05) is 23.9 Å². The van der Waals surface area contributed by atoms with Gasteiger partial charge in [-0.15, -0.1) is 0 Å². The first-order chi connectivity index (χ1) is 13.3. The molecule has 27 heavy (non-hydrogen) atoms. The number of pyridine rings is 1. The molecule has 1 aliphatic rings. The van der Waals surface area contributed by atoms with Crippen molar-refractivity contribution in [3.8, 4) is 5.75 Å². The van der Waals surface area contributed by atoms with E-state index in [0.29, 0.717) is 25.6 Å². The third-order valence-electron chi connectivity index (χ3n) is 5.18. The van der Waals surface area contributed by atoms with Crippen molar-refractivity contribution < 1.29 is 4.74 Å². The smallest absolute Gasteiger partial charge is 0.158 e. The van der Waals surface area contributed by atoms with Crippen LogP contribution < -0.4 is 10.5 Å². The van der Waals surface area contributed by atoms with Gasteiger partial charge in [-0.3, -0.25) is 4.90 Å². The number of hydrogen-bond donors (Lipinski definition) is 1.